The minimum absolute atomic E-state index is 0.179. The van der Waals surface area contributed by atoms with Gasteiger partial charge in [-0.2, -0.15) is 0 Å². The van der Waals surface area contributed by atoms with Crippen molar-refractivity contribution in [1.82, 2.24) is 9.97 Å². The Kier molecular flexibility index (Phi) is 1.98. The van der Waals surface area contributed by atoms with Gasteiger partial charge in [-0.3, -0.25) is 4.98 Å². The summed E-state index contributed by atoms with van der Waals surface area (Å²) in [5.41, 5.74) is 0.583. The fraction of sp³-hybridized carbons (Fsp3) is 0. The van der Waals surface area contributed by atoms with Gasteiger partial charge in [0.15, 0.2) is 0 Å². The number of imidazole rings is 1. The van der Waals surface area contributed by atoms with Gasteiger partial charge in [0.1, 0.15) is 5.69 Å². The number of hydrogen-bond donors (Lipinski definition) is 3. The highest BCUT2D eigenvalue weighted by molar-refractivity contribution is 5.65. The molecule has 1 aliphatic heterocycles. The summed E-state index contributed by atoms with van der Waals surface area (Å²) in [6.07, 6.45) is 3.51. The predicted molar refractivity (Wildman–Crippen MR) is 62.7 cm³/mol. The van der Waals surface area contributed by atoms with E-state index in [0.717, 1.165) is 10.6 Å². The summed E-state index contributed by atoms with van der Waals surface area (Å²) < 4.78 is 0. The molecule has 0 saturated carbocycles. The second-order valence-corrected chi connectivity index (χ2v) is 3.73. The van der Waals surface area contributed by atoms with Gasteiger partial charge in [0.2, 0.25) is 5.88 Å². The van der Waals surface area contributed by atoms with Crippen LogP contribution in [0.2, 0.25) is 0 Å². The first-order chi connectivity index (χ1) is 8.22. The van der Waals surface area contributed by atoms with E-state index in [1.54, 1.807) is 6.08 Å². The van der Waals surface area contributed by atoms with Crippen LogP contribution in [0.5, 0.6) is 5.88 Å². The molecular formula is C12H9N3O2. The van der Waals surface area contributed by atoms with Gasteiger partial charge in [-0.25, -0.2) is 9.79 Å². The molecule has 0 spiro atoms. The number of aromatic amines is 2. The molecule has 84 valence electrons. The van der Waals surface area contributed by atoms with Gasteiger partial charge < -0.3 is 10.1 Å². The molecule has 1 aliphatic rings. The summed E-state index contributed by atoms with van der Waals surface area (Å²) >= 11 is 0. The van der Waals surface area contributed by atoms with E-state index in [4.69, 9.17) is 0 Å². The van der Waals surface area contributed by atoms with E-state index in [1.807, 2.05) is 30.3 Å². The van der Waals surface area contributed by atoms with Gasteiger partial charge in [-0.1, -0.05) is 18.2 Å². The highest BCUT2D eigenvalue weighted by atomic mass is 16.3. The third-order valence-corrected chi connectivity index (χ3v) is 2.52. The van der Waals surface area contributed by atoms with Crippen LogP contribution in [-0.4, -0.2) is 15.1 Å². The number of rotatable bonds is 1. The first-order valence-electron chi connectivity index (χ1n) is 5.11. The fourth-order valence-corrected chi connectivity index (χ4v) is 1.76. The van der Waals surface area contributed by atoms with Gasteiger partial charge in [0.05, 0.1) is 11.1 Å². The van der Waals surface area contributed by atoms with E-state index >= 15 is 0 Å². The number of fused-ring (bicyclic) bond motifs is 1. The lowest BCUT2D eigenvalue weighted by molar-refractivity contribution is 0.454. The van der Waals surface area contributed by atoms with Crippen molar-refractivity contribution in [3.05, 3.63) is 56.7 Å². The van der Waals surface area contributed by atoms with Gasteiger partial charge in [0, 0.05) is 5.22 Å². The summed E-state index contributed by atoms with van der Waals surface area (Å²) in [5.74, 6) is -0.179. The summed E-state index contributed by atoms with van der Waals surface area (Å²) in [7, 11) is 0. The number of nitrogens with zero attached hydrogens (tertiary/aromatic N) is 1. The summed E-state index contributed by atoms with van der Waals surface area (Å²) in [5, 5.41) is 11.3. The fourth-order valence-electron chi connectivity index (χ4n) is 1.76. The second-order valence-electron chi connectivity index (χ2n) is 3.73. The van der Waals surface area contributed by atoms with Crippen LogP contribution in [0.25, 0.3) is 12.2 Å². The van der Waals surface area contributed by atoms with Gasteiger partial charge in [0.25, 0.3) is 0 Å². The Morgan fingerprint density at radius 2 is 2.06 bits per heavy atom. The Morgan fingerprint density at radius 3 is 2.76 bits per heavy atom. The number of aromatic nitrogens is 2. The SMILES string of the molecule is O=c1[nH]c(O)c(C=C2C=c3ccccc3=N2)[nH]1. The molecule has 0 radical (unpaired) electrons. The van der Waals surface area contributed by atoms with E-state index in [9.17, 15) is 9.90 Å². The summed E-state index contributed by atoms with van der Waals surface area (Å²) in [6.45, 7) is 0. The van der Waals surface area contributed by atoms with Gasteiger partial charge >= 0.3 is 5.69 Å². The van der Waals surface area contributed by atoms with Crippen LogP contribution in [0.4, 0.5) is 0 Å². The van der Waals surface area contributed by atoms with Crippen molar-refractivity contribution in [3.63, 3.8) is 0 Å². The Labute approximate surface area is 95.5 Å². The molecule has 0 bridgehead atoms. The van der Waals surface area contributed by atoms with Gasteiger partial charge in [-0.05, 0) is 18.2 Å². The predicted octanol–water partition coefficient (Wildman–Crippen LogP) is -0.137. The number of allylic oxidation sites excluding steroid dienone is 1. The summed E-state index contributed by atoms with van der Waals surface area (Å²) in [6, 6.07) is 7.71. The minimum atomic E-state index is -0.440. The molecule has 0 atom stereocenters. The summed E-state index contributed by atoms with van der Waals surface area (Å²) in [4.78, 5) is 20.0. The Balaban J connectivity index is 2.12. The zero-order chi connectivity index (χ0) is 11.8. The monoisotopic (exact) mass is 227 g/mol. The maximum Gasteiger partial charge on any atom is 0.326 e. The molecule has 5 nitrogen and oxygen atoms in total. The van der Waals surface area contributed by atoms with Gasteiger partial charge in [-0.15, -0.1) is 0 Å². The lowest BCUT2D eigenvalue weighted by Crippen LogP contribution is -2.19. The normalized spacial score (nSPS) is 15.4. The number of benzene rings is 1. The molecule has 2 heterocycles. The number of aromatic hydroxyl groups is 1. The Morgan fingerprint density at radius 1 is 1.24 bits per heavy atom. The molecule has 1 aromatic heterocycles. The van der Waals surface area contributed by atoms with E-state index < -0.39 is 5.69 Å². The lowest BCUT2D eigenvalue weighted by atomic mass is 10.2. The average molecular weight is 227 g/mol. The van der Waals surface area contributed by atoms with E-state index in [0.29, 0.717) is 11.4 Å². The van der Waals surface area contributed by atoms with E-state index in [2.05, 4.69) is 15.0 Å². The third kappa shape index (κ3) is 1.67. The molecule has 0 saturated heterocycles. The number of nitrogens with one attached hydrogen (secondary N) is 2. The maximum absolute atomic E-state index is 11.0. The van der Waals surface area contributed by atoms with E-state index in [-0.39, 0.29) is 5.88 Å². The quantitative estimate of drug-likeness (QED) is 0.634. The van der Waals surface area contributed by atoms with Crippen LogP contribution < -0.4 is 16.3 Å². The topological polar surface area (TPSA) is 81.2 Å². The molecule has 0 amide bonds. The number of para-hydroxylation sites is 1. The van der Waals surface area contributed by atoms with Crippen molar-refractivity contribution < 1.29 is 5.11 Å². The largest absolute Gasteiger partial charge is 0.493 e. The van der Waals surface area contributed by atoms with Crippen LogP contribution >= 0.6 is 0 Å². The molecule has 2 aromatic rings. The minimum Gasteiger partial charge on any atom is -0.493 e. The van der Waals surface area contributed by atoms with Crippen molar-refractivity contribution in [2.75, 3.05) is 0 Å². The molecule has 3 N–H and O–H groups in total. The molecule has 0 fully saturated rings. The maximum atomic E-state index is 11.0. The van der Waals surface area contributed by atoms with Crippen molar-refractivity contribution in [2.24, 2.45) is 4.99 Å². The molecule has 3 rings (SSSR count). The number of H-pyrrole nitrogens is 2. The molecular weight excluding hydrogens is 218 g/mol. The zero-order valence-electron chi connectivity index (χ0n) is 8.77. The molecule has 0 aliphatic carbocycles. The van der Waals surface area contributed by atoms with Crippen molar-refractivity contribution in [3.8, 4) is 5.88 Å². The van der Waals surface area contributed by atoms with Crippen LogP contribution in [0, 0.1) is 0 Å². The first-order valence-corrected chi connectivity index (χ1v) is 5.11. The molecule has 1 aromatic carbocycles. The standard InChI is InChI=1S/C12H9N3O2/c16-11-10(14-12(17)15-11)6-8-5-7-3-1-2-4-9(7)13-8/h1-6,16H,(H2,14,15,17). The number of hydrogen-bond acceptors (Lipinski definition) is 3. The van der Waals surface area contributed by atoms with Crippen LogP contribution in [-0.2, 0) is 0 Å². The average Bonchev–Trinajstić information content (AvgIpc) is 2.82. The molecule has 0 unspecified atom stereocenters. The Hall–Kier alpha value is -2.56. The highest BCUT2D eigenvalue weighted by Gasteiger charge is 2.05. The van der Waals surface area contributed by atoms with Crippen LogP contribution in [0.1, 0.15) is 5.69 Å². The van der Waals surface area contributed by atoms with Crippen LogP contribution in [0.15, 0.2) is 39.7 Å². The second kappa shape index (κ2) is 3.48. The highest BCUT2D eigenvalue weighted by Crippen LogP contribution is 2.14. The van der Waals surface area contributed by atoms with Crippen molar-refractivity contribution in [1.29, 1.82) is 0 Å². The molecule has 5 heteroatoms. The smallest absolute Gasteiger partial charge is 0.326 e. The molecule has 17 heavy (non-hydrogen) atoms. The third-order valence-electron chi connectivity index (χ3n) is 2.52. The zero-order valence-corrected chi connectivity index (χ0v) is 8.77. The van der Waals surface area contributed by atoms with E-state index in [1.165, 1.54) is 0 Å². The van der Waals surface area contributed by atoms with Crippen LogP contribution in [0.3, 0.4) is 0 Å². The van der Waals surface area contributed by atoms with Crippen molar-refractivity contribution >= 4 is 12.2 Å². The lowest BCUT2D eigenvalue weighted by Gasteiger charge is -1.89. The Bertz CT molecular complexity index is 744. The van der Waals surface area contributed by atoms with Crippen molar-refractivity contribution in [2.45, 2.75) is 0 Å². The first kappa shape index (κ1) is 9.65.